The summed E-state index contributed by atoms with van der Waals surface area (Å²) in [7, 11) is -1.32. The van der Waals surface area contributed by atoms with Gasteiger partial charge >= 0.3 is 18.3 Å². The number of nitrogens with zero attached hydrogens (tertiary/aromatic N) is 1. The van der Waals surface area contributed by atoms with Gasteiger partial charge in [0, 0.05) is 21.2 Å². The monoisotopic (exact) mass is 493 g/mol. The molecule has 1 aromatic rings. The lowest BCUT2D eigenvalue weighted by atomic mass is 10.00. The summed E-state index contributed by atoms with van der Waals surface area (Å²) in [6, 6.07) is 9.26. The molecular formula is C24H39N3O6Si. The highest BCUT2D eigenvalue weighted by Gasteiger charge is 2.35. The Bertz CT molecular complexity index is 822. The molecule has 1 aromatic carbocycles. The van der Waals surface area contributed by atoms with E-state index < -0.39 is 44.0 Å². The molecule has 1 aliphatic rings. The van der Waals surface area contributed by atoms with E-state index in [4.69, 9.17) is 14.2 Å². The van der Waals surface area contributed by atoms with Gasteiger partial charge in [-0.3, -0.25) is 0 Å². The number of piperidine rings is 1. The van der Waals surface area contributed by atoms with Crippen molar-refractivity contribution in [3.63, 3.8) is 0 Å². The molecule has 0 aromatic heterocycles. The molecule has 34 heavy (non-hydrogen) atoms. The first-order valence-corrected chi connectivity index (χ1v) is 15.4. The first-order chi connectivity index (χ1) is 15.8. The Kier molecular flexibility index (Phi) is 9.78. The van der Waals surface area contributed by atoms with E-state index in [1.54, 1.807) is 25.7 Å². The number of hydrogen-bond donors (Lipinski definition) is 2. The lowest BCUT2D eigenvalue weighted by molar-refractivity contribution is 0.0422. The lowest BCUT2D eigenvalue weighted by Crippen LogP contribution is -2.61. The smallest absolute Gasteiger partial charge is 0.409 e. The maximum absolute atomic E-state index is 12.6. The standard InChI is InChI=1S/C24H39N3O6Si/c1-24(2,3)33-22(29)26-20-16-27(23(30)31-14-15-34(4,5)6)13-12-19(20)25-21(28)32-17-18-10-8-7-9-11-18/h7-11,19-20H,12-17H2,1-6H3,(H,25,28)(H,26,29)/t19-,20+/m0/s1. The Balaban J connectivity index is 1.97. The van der Waals surface area contributed by atoms with Crippen LogP contribution in [0.25, 0.3) is 0 Å². The van der Waals surface area contributed by atoms with Gasteiger partial charge in [0.15, 0.2) is 0 Å². The van der Waals surface area contributed by atoms with Gasteiger partial charge in [0.05, 0.1) is 18.7 Å². The molecule has 3 amide bonds. The number of benzene rings is 1. The summed E-state index contributed by atoms with van der Waals surface area (Å²) in [5, 5.41) is 5.62. The third-order valence-electron chi connectivity index (χ3n) is 5.17. The second kappa shape index (κ2) is 12.1. The Morgan fingerprint density at radius 2 is 1.65 bits per heavy atom. The molecule has 1 saturated heterocycles. The molecule has 190 valence electrons. The van der Waals surface area contributed by atoms with E-state index in [1.807, 2.05) is 30.3 Å². The molecule has 2 atom stereocenters. The normalized spacial score (nSPS) is 18.6. The maximum atomic E-state index is 12.6. The van der Waals surface area contributed by atoms with Gasteiger partial charge in [-0.25, -0.2) is 14.4 Å². The number of rotatable bonds is 7. The highest BCUT2D eigenvalue weighted by atomic mass is 28.3. The third-order valence-corrected chi connectivity index (χ3v) is 6.87. The zero-order valence-electron chi connectivity index (χ0n) is 21.2. The largest absolute Gasteiger partial charge is 0.450 e. The van der Waals surface area contributed by atoms with Gasteiger partial charge in [-0.2, -0.15) is 0 Å². The number of alkyl carbamates (subject to hydrolysis) is 2. The van der Waals surface area contributed by atoms with Gasteiger partial charge in [0.1, 0.15) is 12.2 Å². The van der Waals surface area contributed by atoms with Crippen molar-refractivity contribution in [2.75, 3.05) is 19.7 Å². The van der Waals surface area contributed by atoms with Gasteiger partial charge in [0.25, 0.3) is 0 Å². The zero-order valence-corrected chi connectivity index (χ0v) is 22.2. The summed E-state index contributed by atoms with van der Waals surface area (Å²) in [6.45, 7) is 13.1. The quantitative estimate of drug-likeness (QED) is 0.432. The van der Waals surface area contributed by atoms with E-state index in [0.29, 0.717) is 19.6 Å². The summed E-state index contributed by atoms with van der Waals surface area (Å²) in [5.74, 6) is 0. The topological polar surface area (TPSA) is 106 Å². The molecule has 10 heteroatoms. The molecule has 0 unspecified atom stereocenters. The lowest BCUT2D eigenvalue weighted by Gasteiger charge is -2.38. The molecule has 9 nitrogen and oxygen atoms in total. The fourth-order valence-corrected chi connectivity index (χ4v) is 4.06. The van der Waals surface area contributed by atoms with E-state index in [1.165, 1.54) is 0 Å². The van der Waals surface area contributed by atoms with Gasteiger partial charge in [0.2, 0.25) is 0 Å². The van der Waals surface area contributed by atoms with Gasteiger partial charge in [-0.15, -0.1) is 0 Å². The van der Waals surface area contributed by atoms with Crippen LogP contribution >= 0.6 is 0 Å². The van der Waals surface area contributed by atoms with Crippen LogP contribution in [0.5, 0.6) is 0 Å². The summed E-state index contributed by atoms with van der Waals surface area (Å²) >= 11 is 0. The molecule has 2 rings (SSSR count). The van der Waals surface area contributed by atoms with Crippen molar-refractivity contribution in [3.05, 3.63) is 35.9 Å². The van der Waals surface area contributed by atoms with Crippen molar-refractivity contribution >= 4 is 26.4 Å². The molecule has 0 radical (unpaired) electrons. The van der Waals surface area contributed by atoms with Crippen LogP contribution in [0, 0.1) is 0 Å². The van der Waals surface area contributed by atoms with Gasteiger partial charge in [-0.05, 0) is 38.8 Å². The number of carbonyl (C=O) groups is 3. The molecular weight excluding hydrogens is 454 g/mol. The Hall–Kier alpha value is -2.75. The second-order valence-electron chi connectivity index (χ2n) is 10.7. The average Bonchev–Trinajstić information content (AvgIpc) is 2.72. The molecule has 1 heterocycles. The number of ether oxygens (including phenoxy) is 3. The van der Waals surface area contributed by atoms with Crippen LogP contribution in [0.1, 0.15) is 32.8 Å². The van der Waals surface area contributed by atoms with Gasteiger partial charge < -0.3 is 29.7 Å². The van der Waals surface area contributed by atoms with Crippen LogP contribution in [0.4, 0.5) is 14.4 Å². The van der Waals surface area contributed by atoms with Gasteiger partial charge in [-0.1, -0.05) is 50.0 Å². The SMILES string of the molecule is CC(C)(C)OC(=O)N[C@@H]1CN(C(=O)OCC[Si](C)(C)C)CC[C@@H]1NC(=O)OCc1ccccc1. The van der Waals surface area contributed by atoms with Crippen molar-refractivity contribution in [2.45, 2.75) is 77.2 Å². The summed E-state index contributed by atoms with van der Waals surface area (Å²) in [4.78, 5) is 39.0. The third kappa shape index (κ3) is 10.5. The highest BCUT2D eigenvalue weighted by molar-refractivity contribution is 6.76. The highest BCUT2D eigenvalue weighted by Crippen LogP contribution is 2.16. The fourth-order valence-electron chi connectivity index (χ4n) is 3.35. The van der Waals surface area contributed by atoms with E-state index in [9.17, 15) is 14.4 Å². The summed E-state index contributed by atoms with van der Waals surface area (Å²) < 4.78 is 16.2. The molecule has 2 N–H and O–H groups in total. The predicted molar refractivity (Wildman–Crippen MR) is 132 cm³/mol. The first kappa shape index (κ1) is 27.5. The summed E-state index contributed by atoms with van der Waals surface area (Å²) in [5.41, 5.74) is 0.197. The van der Waals surface area contributed by atoms with E-state index >= 15 is 0 Å². The molecule has 0 aliphatic carbocycles. The van der Waals surface area contributed by atoms with Crippen molar-refractivity contribution in [1.29, 1.82) is 0 Å². The van der Waals surface area contributed by atoms with Crippen LogP contribution < -0.4 is 10.6 Å². The van der Waals surface area contributed by atoms with Crippen LogP contribution in [0.3, 0.4) is 0 Å². The molecule has 0 spiro atoms. The number of amides is 3. The average molecular weight is 494 g/mol. The minimum Gasteiger partial charge on any atom is -0.450 e. The van der Waals surface area contributed by atoms with Crippen LogP contribution in [-0.4, -0.2) is 68.6 Å². The van der Waals surface area contributed by atoms with E-state index in [2.05, 4.69) is 30.3 Å². The Labute approximate surface area is 203 Å². The van der Waals surface area contributed by atoms with Crippen molar-refractivity contribution in [3.8, 4) is 0 Å². The van der Waals surface area contributed by atoms with Crippen molar-refractivity contribution in [2.24, 2.45) is 0 Å². The van der Waals surface area contributed by atoms with Crippen LogP contribution in [-0.2, 0) is 20.8 Å². The minimum atomic E-state index is -1.32. The van der Waals surface area contributed by atoms with E-state index in [0.717, 1.165) is 11.6 Å². The molecule has 0 saturated carbocycles. The Morgan fingerprint density at radius 1 is 1.00 bits per heavy atom. The van der Waals surface area contributed by atoms with Crippen molar-refractivity contribution < 1.29 is 28.6 Å². The van der Waals surface area contributed by atoms with Crippen LogP contribution in [0.2, 0.25) is 25.7 Å². The minimum absolute atomic E-state index is 0.138. The number of carbonyl (C=O) groups excluding carboxylic acids is 3. The summed E-state index contributed by atoms with van der Waals surface area (Å²) in [6.07, 6.45) is -1.18. The first-order valence-electron chi connectivity index (χ1n) is 11.7. The molecule has 1 aliphatic heterocycles. The zero-order chi connectivity index (χ0) is 25.4. The second-order valence-corrected chi connectivity index (χ2v) is 16.3. The maximum Gasteiger partial charge on any atom is 0.409 e. The fraction of sp³-hybridized carbons (Fsp3) is 0.625. The van der Waals surface area contributed by atoms with Crippen LogP contribution in [0.15, 0.2) is 30.3 Å². The number of nitrogens with one attached hydrogen (secondary N) is 2. The van der Waals surface area contributed by atoms with E-state index in [-0.39, 0.29) is 13.2 Å². The molecule has 1 fully saturated rings. The predicted octanol–water partition coefficient (Wildman–Crippen LogP) is 4.36. The number of likely N-dealkylation sites (tertiary alicyclic amines) is 1. The molecule has 0 bridgehead atoms. The van der Waals surface area contributed by atoms with Crippen molar-refractivity contribution in [1.82, 2.24) is 15.5 Å². The Morgan fingerprint density at radius 3 is 2.26 bits per heavy atom. The number of hydrogen-bond acceptors (Lipinski definition) is 6.